The number of benzene rings is 2. The van der Waals surface area contributed by atoms with Crippen molar-refractivity contribution < 1.29 is 23.9 Å². The molecular formula is C15H11I4NO4. The van der Waals surface area contributed by atoms with Gasteiger partial charge in [-0.25, -0.2) is 0 Å². The van der Waals surface area contributed by atoms with Crippen LogP contribution in [0.3, 0.4) is 0 Å². The van der Waals surface area contributed by atoms with Gasteiger partial charge in [0.05, 0.1) is 18.4 Å². The number of carboxylic acid groups (broad SMARTS) is 1. The zero-order valence-corrected chi connectivity index (χ0v) is 20.3. The molecule has 0 unspecified atom stereocenters. The van der Waals surface area contributed by atoms with Gasteiger partial charge in [-0.2, -0.15) is 0 Å². The summed E-state index contributed by atoms with van der Waals surface area (Å²) in [6.45, 7) is 0. The maximum absolute atomic E-state index is 11.1. The third kappa shape index (κ3) is 5.20. The largest absolute Gasteiger partial charge is 0.506 e. The van der Waals surface area contributed by atoms with Crippen LogP contribution in [0.5, 0.6) is 17.2 Å². The molecule has 0 saturated heterocycles. The van der Waals surface area contributed by atoms with E-state index in [0.717, 1.165) is 0 Å². The van der Waals surface area contributed by atoms with Gasteiger partial charge in [0.1, 0.15) is 17.5 Å². The second kappa shape index (κ2) is 8.85. The number of aromatic hydroxyl groups is 1. The SMILES string of the molecule is [2H]c1c(I)c(Oc2cc(I)c(O)c(I)c2)c(I)c([2H])c1C[C@]([2H])(N)C(=O)O. The molecule has 2 aromatic rings. The van der Waals surface area contributed by atoms with Crippen molar-refractivity contribution in [1.82, 2.24) is 0 Å². The van der Waals surface area contributed by atoms with Gasteiger partial charge in [-0.1, -0.05) is 0 Å². The average Bonchev–Trinajstić information content (AvgIpc) is 2.58. The predicted octanol–water partition coefficient (Wildman–Crippen LogP) is 4.56. The topological polar surface area (TPSA) is 92.8 Å². The number of phenolic OH excluding ortho intramolecular Hbond substituents is 1. The van der Waals surface area contributed by atoms with Crippen LogP contribution in [0.4, 0.5) is 0 Å². The van der Waals surface area contributed by atoms with Crippen LogP contribution in [0.25, 0.3) is 0 Å². The van der Waals surface area contributed by atoms with Crippen LogP contribution < -0.4 is 10.5 Å². The zero-order chi connectivity index (χ0) is 20.7. The van der Waals surface area contributed by atoms with E-state index >= 15 is 0 Å². The van der Waals surface area contributed by atoms with Gasteiger partial charge in [-0.15, -0.1) is 0 Å². The molecule has 0 aliphatic rings. The molecule has 0 radical (unpaired) electrons. The standard InChI is InChI=1S/C15H11I4NO4/c16-8-4-7(5-9(17)13(8)21)24-14-10(18)1-6(2-11(14)19)3-12(20)15(22)23/h1-2,4-5,12,21H,3,20H2,(H,22,23)/t12-/m0/s1/i1D,2D,12D. The fraction of sp³-hybridized carbons (Fsp3) is 0.133. The van der Waals surface area contributed by atoms with Crippen LogP contribution in [0, 0.1) is 14.3 Å². The van der Waals surface area contributed by atoms with E-state index in [1.54, 1.807) is 12.1 Å². The van der Waals surface area contributed by atoms with Crippen LogP contribution >= 0.6 is 90.4 Å². The van der Waals surface area contributed by atoms with Gasteiger partial charge in [-0.3, -0.25) is 4.79 Å². The highest BCUT2D eigenvalue weighted by Gasteiger charge is 2.16. The van der Waals surface area contributed by atoms with Crippen LogP contribution in [-0.4, -0.2) is 22.2 Å². The number of phenols is 1. The van der Waals surface area contributed by atoms with Crippen molar-refractivity contribution in [2.45, 2.75) is 12.4 Å². The molecule has 24 heavy (non-hydrogen) atoms. The minimum absolute atomic E-state index is 0.0749. The predicted molar refractivity (Wildman–Crippen MR) is 125 cm³/mol. The number of carbonyl (C=O) groups is 1. The molecule has 2 rings (SSSR count). The van der Waals surface area contributed by atoms with Gasteiger partial charge < -0.3 is 20.7 Å². The maximum atomic E-state index is 11.1. The Morgan fingerprint density at radius 3 is 2.17 bits per heavy atom. The summed E-state index contributed by atoms with van der Waals surface area (Å²) in [5.74, 6) is -0.660. The van der Waals surface area contributed by atoms with Crippen molar-refractivity contribution in [1.29, 1.82) is 0 Å². The molecular weight excluding hydrogens is 766 g/mol. The van der Waals surface area contributed by atoms with Crippen LogP contribution in [0.1, 0.15) is 9.68 Å². The molecule has 0 aliphatic carbocycles. The van der Waals surface area contributed by atoms with E-state index < -0.39 is 18.4 Å². The summed E-state index contributed by atoms with van der Waals surface area (Å²) < 4.78 is 32.1. The quantitative estimate of drug-likeness (QED) is 0.388. The Bertz CT molecular complexity index is 888. The number of hydrogen-bond acceptors (Lipinski definition) is 4. The van der Waals surface area contributed by atoms with Gasteiger partial charge in [-0.05, 0) is 127 Å². The number of nitrogens with two attached hydrogens (primary N) is 1. The molecule has 0 amide bonds. The molecule has 0 heterocycles. The fourth-order valence-corrected chi connectivity index (χ4v) is 5.31. The lowest BCUT2D eigenvalue weighted by molar-refractivity contribution is -0.138. The Morgan fingerprint density at radius 1 is 1.21 bits per heavy atom. The molecule has 0 bridgehead atoms. The van der Waals surface area contributed by atoms with Gasteiger partial charge >= 0.3 is 5.97 Å². The molecule has 0 aliphatic heterocycles. The average molecular weight is 780 g/mol. The summed E-state index contributed by atoms with van der Waals surface area (Å²) in [4.78, 5) is 11.1. The van der Waals surface area contributed by atoms with E-state index in [4.69, 9.17) is 19.7 Å². The summed E-state index contributed by atoms with van der Waals surface area (Å²) in [5.41, 5.74) is 5.55. The lowest BCUT2D eigenvalue weighted by Crippen LogP contribution is -2.32. The molecule has 2 aromatic carbocycles. The minimum atomic E-state index is -2.33. The van der Waals surface area contributed by atoms with E-state index in [-0.39, 0.29) is 29.1 Å². The molecule has 9 heteroatoms. The van der Waals surface area contributed by atoms with Gasteiger partial charge in [0.2, 0.25) is 0 Å². The highest BCUT2D eigenvalue weighted by Crippen LogP contribution is 2.36. The molecule has 0 aromatic heterocycles. The maximum Gasteiger partial charge on any atom is 0.320 e. The number of ether oxygens (including phenoxy) is 1. The fourth-order valence-electron chi connectivity index (χ4n) is 1.67. The summed E-state index contributed by atoms with van der Waals surface area (Å²) in [7, 11) is 0. The number of carboxylic acids is 1. The molecule has 5 nitrogen and oxygen atoms in total. The molecule has 0 spiro atoms. The third-order valence-electron chi connectivity index (χ3n) is 2.77. The number of halogens is 4. The first-order valence-corrected chi connectivity index (χ1v) is 10.5. The Hall–Kier alpha value is 0.390. The van der Waals surface area contributed by atoms with Crippen molar-refractivity contribution in [3.8, 4) is 17.2 Å². The second-order valence-electron chi connectivity index (χ2n) is 4.53. The molecule has 1 atom stereocenters. The van der Waals surface area contributed by atoms with Crippen LogP contribution in [-0.2, 0) is 11.2 Å². The molecule has 4 N–H and O–H groups in total. The van der Waals surface area contributed by atoms with Crippen molar-refractivity contribution >= 4 is 96.3 Å². The van der Waals surface area contributed by atoms with Crippen LogP contribution in [0.15, 0.2) is 24.2 Å². The van der Waals surface area contributed by atoms with Crippen molar-refractivity contribution in [2.24, 2.45) is 5.73 Å². The van der Waals surface area contributed by atoms with Gasteiger partial charge in [0.15, 0.2) is 5.75 Å². The van der Waals surface area contributed by atoms with E-state index in [1.165, 1.54) is 0 Å². The smallest absolute Gasteiger partial charge is 0.320 e. The highest BCUT2D eigenvalue weighted by molar-refractivity contribution is 14.1. The zero-order valence-electron chi connectivity index (χ0n) is 14.7. The van der Waals surface area contributed by atoms with E-state index in [2.05, 4.69) is 0 Å². The normalized spacial score (nSPS) is 15.1. The van der Waals surface area contributed by atoms with E-state index in [0.29, 0.717) is 20.0 Å². The van der Waals surface area contributed by atoms with E-state index in [9.17, 15) is 9.90 Å². The van der Waals surface area contributed by atoms with Gasteiger partial charge in [0, 0.05) is 0 Å². The molecule has 128 valence electrons. The van der Waals surface area contributed by atoms with Crippen molar-refractivity contribution in [3.05, 3.63) is 44.1 Å². The third-order valence-corrected chi connectivity index (χ3v) is 5.94. The second-order valence-corrected chi connectivity index (χ2v) is 9.01. The van der Waals surface area contributed by atoms with E-state index in [1.807, 2.05) is 90.4 Å². The van der Waals surface area contributed by atoms with Crippen molar-refractivity contribution in [3.63, 3.8) is 0 Å². The van der Waals surface area contributed by atoms with Crippen LogP contribution in [0.2, 0.25) is 0 Å². The highest BCUT2D eigenvalue weighted by atomic mass is 127. The lowest BCUT2D eigenvalue weighted by Gasteiger charge is -2.14. The summed E-state index contributed by atoms with van der Waals surface area (Å²) >= 11 is 7.72. The number of aliphatic carboxylic acids is 1. The Balaban J connectivity index is 2.53. The Labute approximate surface area is 197 Å². The Kier molecular flexibility index (Phi) is 6.11. The van der Waals surface area contributed by atoms with Crippen molar-refractivity contribution in [2.75, 3.05) is 0 Å². The molecule has 0 saturated carbocycles. The Morgan fingerprint density at radius 2 is 1.71 bits per heavy atom. The summed E-state index contributed by atoms with van der Waals surface area (Å²) in [6.07, 6.45) is -0.471. The monoisotopic (exact) mass is 780 g/mol. The first-order chi connectivity index (χ1) is 12.4. The first-order valence-electron chi connectivity index (χ1n) is 7.72. The van der Waals surface area contributed by atoms with Gasteiger partial charge in [0.25, 0.3) is 0 Å². The summed E-state index contributed by atoms with van der Waals surface area (Å²) in [5, 5.41) is 18.9. The number of rotatable bonds is 5. The minimum Gasteiger partial charge on any atom is -0.506 e. The lowest BCUT2D eigenvalue weighted by atomic mass is 10.1. The number of hydrogen-bond donors (Lipinski definition) is 3. The summed E-state index contributed by atoms with van der Waals surface area (Å²) in [6, 6.07) is 0.739. The first kappa shape index (κ1) is 16.6. The molecule has 0 fully saturated rings.